The number of thiazole rings is 1. The number of nitrogens with zero attached hydrogens (tertiary/aromatic N) is 2. The number of hydrogen-bond donors (Lipinski definition) is 0. The summed E-state index contributed by atoms with van der Waals surface area (Å²) in [6, 6.07) is 20.3. The van der Waals surface area contributed by atoms with E-state index in [1.165, 1.54) is 11.3 Å². The number of halogens is 1. The van der Waals surface area contributed by atoms with Gasteiger partial charge >= 0.3 is 0 Å². The molecule has 0 unspecified atom stereocenters. The van der Waals surface area contributed by atoms with Crippen molar-refractivity contribution in [3.05, 3.63) is 87.7 Å². The average Bonchev–Trinajstić information content (AvgIpc) is 3.13. The van der Waals surface area contributed by atoms with Crippen LogP contribution in [0.3, 0.4) is 0 Å². The molecule has 4 aromatic rings. The van der Waals surface area contributed by atoms with Gasteiger partial charge in [-0.2, -0.15) is 4.99 Å². The van der Waals surface area contributed by atoms with Crippen LogP contribution in [-0.2, 0) is 11.3 Å². The Balaban J connectivity index is 1.66. The van der Waals surface area contributed by atoms with Gasteiger partial charge in [-0.15, -0.1) is 0 Å². The number of amides is 1. The summed E-state index contributed by atoms with van der Waals surface area (Å²) < 4.78 is 14.1. The van der Waals surface area contributed by atoms with Gasteiger partial charge < -0.3 is 14.0 Å². The van der Waals surface area contributed by atoms with Crippen molar-refractivity contribution in [2.75, 3.05) is 13.7 Å². The SMILES string of the molecule is COCCn1c(=NC(=O)c2ccc(Oc3ccccc3)cc2)sc2ccc(Cl)c(C)c21. The number of hydrogen-bond acceptors (Lipinski definition) is 4. The van der Waals surface area contributed by atoms with Gasteiger partial charge in [-0.1, -0.05) is 41.1 Å². The summed E-state index contributed by atoms with van der Waals surface area (Å²) in [4.78, 5) is 17.9. The van der Waals surface area contributed by atoms with E-state index in [2.05, 4.69) is 4.99 Å². The molecule has 0 aliphatic heterocycles. The van der Waals surface area contributed by atoms with Gasteiger partial charge in [0.2, 0.25) is 0 Å². The summed E-state index contributed by atoms with van der Waals surface area (Å²) in [6.07, 6.45) is 0. The molecule has 3 aromatic carbocycles. The van der Waals surface area contributed by atoms with Gasteiger partial charge in [0.15, 0.2) is 4.80 Å². The Labute approximate surface area is 189 Å². The van der Waals surface area contributed by atoms with Gasteiger partial charge in [0.25, 0.3) is 5.91 Å². The highest BCUT2D eigenvalue weighted by Gasteiger charge is 2.13. The Kier molecular flexibility index (Phi) is 6.51. The maximum Gasteiger partial charge on any atom is 0.279 e. The average molecular weight is 453 g/mol. The van der Waals surface area contributed by atoms with E-state index in [0.29, 0.717) is 34.3 Å². The molecule has 4 rings (SSSR count). The molecule has 0 N–H and O–H groups in total. The van der Waals surface area contributed by atoms with Crippen LogP contribution in [0.1, 0.15) is 15.9 Å². The fourth-order valence-electron chi connectivity index (χ4n) is 3.23. The van der Waals surface area contributed by atoms with Crippen LogP contribution in [0.15, 0.2) is 71.7 Å². The second kappa shape index (κ2) is 9.47. The summed E-state index contributed by atoms with van der Waals surface area (Å²) in [5.74, 6) is 1.09. The highest BCUT2D eigenvalue weighted by Crippen LogP contribution is 2.27. The van der Waals surface area contributed by atoms with E-state index in [1.807, 2.05) is 54.0 Å². The van der Waals surface area contributed by atoms with Crippen LogP contribution < -0.4 is 9.54 Å². The van der Waals surface area contributed by atoms with Crippen molar-refractivity contribution < 1.29 is 14.3 Å². The van der Waals surface area contributed by atoms with Gasteiger partial charge in [0.1, 0.15) is 11.5 Å². The van der Waals surface area contributed by atoms with Gasteiger partial charge in [0, 0.05) is 24.2 Å². The van der Waals surface area contributed by atoms with E-state index >= 15 is 0 Å². The molecule has 7 heteroatoms. The first-order chi connectivity index (χ1) is 15.1. The molecule has 0 spiro atoms. The highest BCUT2D eigenvalue weighted by molar-refractivity contribution is 7.16. The minimum Gasteiger partial charge on any atom is -0.457 e. The van der Waals surface area contributed by atoms with Crippen LogP contribution in [0.25, 0.3) is 10.2 Å². The van der Waals surface area contributed by atoms with Crippen LogP contribution in [0, 0.1) is 6.92 Å². The Morgan fingerprint density at radius 3 is 2.45 bits per heavy atom. The lowest BCUT2D eigenvalue weighted by Gasteiger charge is -2.07. The predicted molar refractivity (Wildman–Crippen MR) is 124 cm³/mol. The number of carbonyl (C=O) groups excluding carboxylic acids is 1. The second-order valence-corrected chi connectivity index (χ2v) is 8.32. The van der Waals surface area contributed by atoms with Crippen molar-refractivity contribution in [3.8, 4) is 11.5 Å². The summed E-state index contributed by atoms with van der Waals surface area (Å²) in [5, 5.41) is 0.684. The normalized spacial score (nSPS) is 11.8. The third-order valence-corrected chi connectivity index (χ3v) is 6.28. The van der Waals surface area contributed by atoms with Crippen molar-refractivity contribution >= 4 is 39.1 Å². The number of para-hydroxylation sites is 1. The van der Waals surface area contributed by atoms with Crippen molar-refractivity contribution in [2.24, 2.45) is 4.99 Å². The van der Waals surface area contributed by atoms with E-state index in [4.69, 9.17) is 21.1 Å². The van der Waals surface area contributed by atoms with Gasteiger partial charge in [-0.3, -0.25) is 4.79 Å². The van der Waals surface area contributed by atoms with E-state index < -0.39 is 0 Å². The molecule has 31 heavy (non-hydrogen) atoms. The molecule has 0 fully saturated rings. The smallest absolute Gasteiger partial charge is 0.279 e. The zero-order chi connectivity index (χ0) is 21.8. The number of aryl methyl sites for hydroxylation is 1. The van der Waals surface area contributed by atoms with Gasteiger partial charge in [-0.05, 0) is 61.0 Å². The van der Waals surface area contributed by atoms with E-state index in [0.717, 1.165) is 21.5 Å². The third kappa shape index (κ3) is 4.71. The maximum absolute atomic E-state index is 12.9. The predicted octanol–water partition coefficient (Wildman–Crippen LogP) is 5.84. The first-order valence-electron chi connectivity index (χ1n) is 9.76. The second-order valence-electron chi connectivity index (χ2n) is 6.90. The number of benzene rings is 3. The summed E-state index contributed by atoms with van der Waals surface area (Å²) in [5.41, 5.74) is 2.43. The monoisotopic (exact) mass is 452 g/mol. The molecule has 1 aromatic heterocycles. The molecule has 158 valence electrons. The number of methoxy groups -OCH3 is 1. The Morgan fingerprint density at radius 2 is 1.74 bits per heavy atom. The molecule has 0 aliphatic carbocycles. The standard InChI is InChI=1S/C24H21ClN2O3S/c1-16-20(25)12-13-21-22(16)27(14-15-29-2)24(31-21)26-23(28)17-8-10-19(11-9-17)30-18-6-4-3-5-7-18/h3-13H,14-15H2,1-2H3. The van der Waals surface area contributed by atoms with E-state index in [1.54, 1.807) is 31.4 Å². The molecular formula is C24H21ClN2O3S. The van der Waals surface area contributed by atoms with E-state index in [9.17, 15) is 4.79 Å². The lowest BCUT2D eigenvalue weighted by Crippen LogP contribution is -2.19. The molecule has 0 aliphatic rings. The fourth-order valence-corrected chi connectivity index (χ4v) is 4.50. The molecule has 1 heterocycles. The van der Waals surface area contributed by atoms with Crippen LogP contribution in [0.5, 0.6) is 11.5 Å². The Bertz CT molecular complexity index is 1280. The first kappa shape index (κ1) is 21.3. The number of rotatable bonds is 6. The Hall–Kier alpha value is -2.93. The topological polar surface area (TPSA) is 52.8 Å². The van der Waals surface area contributed by atoms with Crippen LogP contribution in [0.4, 0.5) is 0 Å². The number of fused-ring (bicyclic) bond motifs is 1. The minimum atomic E-state index is -0.312. The molecule has 5 nitrogen and oxygen atoms in total. The molecule has 0 saturated carbocycles. The van der Waals surface area contributed by atoms with Gasteiger partial charge in [-0.25, -0.2) is 0 Å². The molecule has 0 atom stereocenters. The van der Waals surface area contributed by atoms with Crippen molar-refractivity contribution in [1.29, 1.82) is 0 Å². The largest absolute Gasteiger partial charge is 0.457 e. The Morgan fingerprint density at radius 1 is 1.03 bits per heavy atom. The minimum absolute atomic E-state index is 0.312. The quantitative estimate of drug-likeness (QED) is 0.369. The maximum atomic E-state index is 12.9. The van der Waals surface area contributed by atoms with Crippen LogP contribution in [-0.4, -0.2) is 24.2 Å². The highest BCUT2D eigenvalue weighted by atomic mass is 35.5. The lowest BCUT2D eigenvalue weighted by atomic mass is 10.2. The summed E-state index contributed by atoms with van der Waals surface area (Å²) >= 11 is 7.79. The fraction of sp³-hybridized carbons (Fsp3) is 0.167. The zero-order valence-corrected chi connectivity index (χ0v) is 18.7. The molecular weight excluding hydrogens is 432 g/mol. The summed E-state index contributed by atoms with van der Waals surface area (Å²) in [7, 11) is 1.65. The first-order valence-corrected chi connectivity index (χ1v) is 11.0. The number of ether oxygens (including phenoxy) is 2. The van der Waals surface area contributed by atoms with Crippen molar-refractivity contribution in [1.82, 2.24) is 4.57 Å². The van der Waals surface area contributed by atoms with E-state index in [-0.39, 0.29) is 5.91 Å². The molecule has 0 saturated heterocycles. The van der Waals surface area contributed by atoms with Crippen LogP contribution in [0.2, 0.25) is 5.02 Å². The number of aromatic nitrogens is 1. The zero-order valence-electron chi connectivity index (χ0n) is 17.2. The lowest BCUT2D eigenvalue weighted by molar-refractivity contribution is 0.0997. The van der Waals surface area contributed by atoms with Crippen molar-refractivity contribution in [3.63, 3.8) is 0 Å². The van der Waals surface area contributed by atoms with Gasteiger partial charge in [0.05, 0.1) is 16.8 Å². The summed E-state index contributed by atoms with van der Waals surface area (Å²) in [6.45, 7) is 3.05. The molecule has 0 radical (unpaired) electrons. The molecule has 1 amide bonds. The van der Waals surface area contributed by atoms with Crippen molar-refractivity contribution in [2.45, 2.75) is 13.5 Å². The molecule has 0 bridgehead atoms. The van der Waals surface area contributed by atoms with Crippen LogP contribution >= 0.6 is 22.9 Å². The third-order valence-electron chi connectivity index (χ3n) is 4.83. The number of carbonyl (C=O) groups is 1.